The van der Waals surface area contributed by atoms with Gasteiger partial charge in [-0.25, -0.2) is 0 Å². The van der Waals surface area contributed by atoms with Crippen molar-refractivity contribution in [1.82, 2.24) is 4.90 Å². The summed E-state index contributed by atoms with van der Waals surface area (Å²) in [6.07, 6.45) is 1.93. The Bertz CT molecular complexity index is 241. The van der Waals surface area contributed by atoms with E-state index < -0.39 is 12.0 Å². The topological polar surface area (TPSA) is 83.6 Å². The summed E-state index contributed by atoms with van der Waals surface area (Å²) in [5.41, 5.74) is 5.60. The summed E-state index contributed by atoms with van der Waals surface area (Å²) in [7, 11) is 0. The number of carboxylic acids is 1. The molecule has 0 saturated heterocycles. The molecule has 1 amide bonds. The van der Waals surface area contributed by atoms with E-state index in [4.69, 9.17) is 10.8 Å². The van der Waals surface area contributed by atoms with Crippen LogP contribution in [0, 0.1) is 0 Å². The molecule has 0 aromatic rings. The number of likely N-dealkylation sites (N-methyl/N-ethyl adjacent to an activating group) is 1. The molecule has 15 heavy (non-hydrogen) atoms. The first-order chi connectivity index (χ1) is 7.02. The summed E-state index contributed by atoms with van der Waals surface area (Å²) in [5.74, 6) is -1.14. The molecule has 0 heterocycles. The zero-order valence-electron chi connectivity index (χ0n) is 8.98. The zero-order chi connectivity index (χ0) is 11.8. The summed E-state index contributed by atoms with van der Waals surface area (Å²) in [6.45, 7) is 5.96. The van der Waals surface area contributed by atoms with Gasteiger partial charge in [0.25, 0.3) is 0 Å². The fourth-order valence-corrected chi connectivity index (χ4v) is 1.17. The van der Waals surface area contributed by atoms with Crippen LogP contribution in [0.15, 0.2) is 12.7 Å². The molecule has 1 atom stereocenters. The van der Waals surface area contributed by atoms with Crippen LogP contribution < -0.4 is 5.73 Å². The average molecular weight is 214 g/mol. The van der Waals surface area contributed by atoms with Crippen LogP contribution >= 0.6 is 0 Å². The van der Waals surface area contributed by atoms with Crippen molar-refractivity contribution in [2.24, 2.45) is 5.73 Å². The molecule has 0 aliphatic rings. The van der Waals surface area contributed by atoms with Gasteiger partial charge in [-0.3, -0.25) is 9.59 Å². The molecule has 0 aliphatic heterocycles. The third kappa shape index (κ3) is 5.17. The van der Waals surface area contributed by atoms with E-state index in [1.54, 1.807) is 13.0 Å². The van der Waals surface area contributed by atoms with Gasteiger partial charge in [-0.1, -0.05) is 6.08 Å². The minimum atomic E-state index is -0.918. The minimum absolute atomic E-state index is 0.0552. The van der Waals surface area contributed by atoms with Crippen molar-refractivity contribution in [2.75, 3.05) is 13.1 Å². The third-order valence-corrected chi connectivity index (χ3v) is 2.03. The summed E-state index contributed by atoms with van der Waals surface area (Å²) >= 11 is 0. The maximum absolute atomic E-state index is 11.6. The normalized spacial score (nSPS) is 11.9. The van der Waals surface area contributed by atoms with Crippen LogP contribution in [0.2, 0.25) is 0 Å². The fourth-order valence-electron chi connectivity index (χ4n) is 1.17. The van der Waals surface area contributed by atoms with Crippen LogP contribution in [0.25, 0.3) is 0 Å². The Hall–Kier alpha value is -1.36. The number of carboxylic acid groups (broad SMARTS) is 1. The zero-order valence-corrected chi connectivity index (χ0v) is 8.98. The van der Waals surface area contributed by atoms with Gasteiger partial charge < -0.3 is 15.7 Å². The largest absolute Gasteiger partial charge is 0.481 e. The molecule has 0 spiro atoms. The van der Waals surface area contributed by atoms with Crippen molar-refractivity contribution in [2.45, 2.75) is 25.8 Å². The minimum Gasteiger partial charge on any atom is -0.481 e. The molecule has 0 saturated carbocycles. The van der Waals surface area contributed by atoms with E-state index in [2.05, 4.69) is 6.58 Å². The SMILES string of the molecule is C=CCC(N)C(=O)N(CC)CCC(=O)O. The second kappa shape index (κ2) is 7.00. The number of nitrogens with zero attached hydrogens (tertiary/aromatic N) is 1. The van der Waals surface area contributed by atoms with Crippen molar-refractivity contribution in [1.29, 1.82) is 0 Å². The van der Waals surface area contributed by atoms with Crippen LogP contribution in [0.5, 0.6) is 0 Å². The van der Waals surface area contributed by atoms with Crippen LogP contribution in [-0.4, -0.2) is 41.0 Å². The van der Waals surface area contributed by atoms with Gasteiger partial charge in [0.1, 0.15) is 0 Å². The molecule has 0 radical (unpaired) electrons. The van der Waals surface area contributed by atoms with Gasteiger partial charge in [0, 0.05) is 13.1 Å². The number of carbonyl (C=O) groups excluding carboxylic acids is 1. The Kier molecular flexibility index (Phi) is 6.37. The quantitative estimate of drug-likeness (QED) is 0.593. The van der Waals surface area contributed by atoms with Crippen molar-refractivity contribution in [3.8, 4) is 0 Å². The maximum Gasteiger partial charge on any atom is 0.305 e. The van der Waals surface area contributed by atoms with Gasteiger partial charge >= 0.3 is 5.97 Å². The standard InChI is InChI=1S/C10H18N2O3/c1-3-5-8(11)10(15)12(4-2)7-6-9(13)14/h3,8H,1,4-7,11H2,2H3,(H,13,14). The second-order valence-electron chi connectivity index (χ2n) is 3.19. The molecular weight excluding hydrogens is 196 g/mol. The number of aliphatic carboxylic acids is 1. The molecule has 5 nitrogen and oxygen atoms in total. The first-order valence-corrected chi connectivity index (χ1v) is 4.90. The van der Waals surface area contributed by atoms with Crippen molar-refractivity contribution >= 4 is 11.9 Å². The average Bonchev–Trinajstić information content (AvgIpc) is 2.18. The first kappa shape index (κ1) is 13.6. The summed E-state index contributed by atoms with van der Waals surface area (Å²) in [5, 5.41) is 8.50. The molecule has 0 bridgehead atoms. The van der Waals surface area contributed by atoms with E-state index in [9.17, 15) is 9.59 Å². The van der Waals surface area contributed by atoms with E-state index >= 15 is 0 Å². The summed E-state index contributed by atoms with van der Waals surface area (Å²) in [6, 6.07) is -0.615. The second-order valence-corrected chi connectivity index (χ2v) is 3.19. The lowest BCUT2D eigenvalue weighted by atomic mass is 10.2. The van der Waals surface area contributed by atoms with E-state index in [-0.39, 0.29) is 18.9 Å². The van der Waals surface area contributed by atoms with Crippen LogP contribution in [-0.2, 0) is 9.59 Å². The van der Waals surface area contributed by atoms with Gasteiger partial charge in [0.15, 0.2) is 0 Å². The predicted molar refractivity (Wildman–Crippen MR) is 57.3 cm³/mol. The highest BCUT2D eigenvalue weighted by atomic mass is 16.4. The van der Waals surface area contributed by atoms with Crippen molar-refractivity contribution < 1.29 is 14.7 Å². The number of hydrogen-bond acceptors (Lipinski definition) is 3. The molecule has 3 N–H and O–H groups in total. The highest BCUT2D eigenvalue weighted by Gasteiger charge is 2.18. The number of hydrogen-bond donors (Lipinski definition) is 2. The highest BCUT2D eigenvalue weighted by molar-refractivity contribution is 5.82. The van der Waals surface area contributed by atoms with E-state index in [1.165, 1.54) is 4.90 Å². The van der Waals surface area contributed by atoms with Crippen molar-refractivity contribution in [3.05, 3.63) is 12.7 Å². The Balaban J connectivity index is 4.20. The smallest absolute Gasteiger partial charge is 0.305 e. The maximum atomic E-state index is 11.6. The van der Waals surface area contributed by atoms with E-state index in [0.717, 1.165) is 0 Å². The Morgan fingerprint density at radius 1 is 1.60 bits per heavy atom. The molecule has 0 aliphatic carbocycles. The van der Waals surface area contributed by atoms with Gasteiger partial charge in [0.05, 0.1) is 12.5 Å². The summed E-state index contributed by atoms with van der Waals surface area (Å²) < 4.78 is 0. The predicted octanol–water partition coefficient (Wildman–Crippen LogP) is 0.213. The third-order valence-electron chi connectivity index (χ3n) is 2.03. The van der Waals surface area contributed by atoms with Crippen LogP contribution in [0.3, 0.4) is 0 Å². The molecule has 0 rings (SSSR count). The molecule has 0 aromatic heterocycles. The lowest BCUT2D eigenvalue weighted by Gasteiger charge is -2.23. The monoisotopic (exact) mass is 214 g/mol. The first-order valence-electron chi connectivity index (χ1n) is 4.90. The molecular formula is C10H18N2O3. The Morgan fingerprint density at radius 3 is 2.60 bits per heavy atom. The molecule has 0 fully saturated rings. The number of carbonyl (C=O) groups is 2. The van der Waals surface area contributed by atoms with Gasteiger partial charge in [-0.05, 0) is 13.3 Å². The molecule has 0 aromatic carbocycles. The van der Waals surface area contributed by atoms with Gasteiger partial charge in [-0.2, -0.15) is 0 Å². The summed E-state index contributed by atoms with van der Waals surface area (Å²) in [4.78, 5) is 23.4. The number of amides is 1. The van der Waals surface area contributed by atoms with Gasteiger partial charge in [-0.15, -0.1) is 6.58 Å². The highest BCUT2D eigenvalue weighted by Crippen LogP contribution is 1.99. The lowest BCUT2D eigenvalue weighted by Crippen LogP contribution is -2.44. The molecule has 5 heteroatoms. The number of nitrogens with two attached hydrogens (primary N) is 1. The van der Waals surface area contributed by atoms with Gasteiger partial charge in [0.2, 0.25) is 5.91 Å². The van der Waals surface area contributed by atoms with E-state index in [1.807, 2.05) is 0 Å². The Morgan fingerprint density at radius 2 is 2.20 bits per heavy atom. The van der Waals surface area contributed by atoms with Crippen molar-refractivity contribution in [3.63, 3.8) is 0 Å². The van der Waals surface area contributed by atoms with E-state index in [0.29, 0.717) is 13.0 Å². The van der Waals surface area contributed by atoms with Crippen LogP contribution in [0.1, 0.15) is 19.8 Å². The lowest BCUT2D eigenvalue weighted by molar-refractivity contribution is -0.138. The van der Waals surface area contributed by atoms with Crippen LogP contribution in [0.4, 0.5) is 0 Å². The fraction of sp³-hybridized carbons (Fsp3) is 0.600. The number of rotatable bonds is 7. The Labute approximate surface area is 89.6 Å². The molecule has 86 valence electrons. The molecule has 1 unspecified atom stereocenters.